The summed E-state index contributed by atoms with van der Waals surface area (Å²) in [6.45, 7) is 3.16. The van der Waals surface area contributed by atoms with Gasteiger partial charge >= 0.3 is 0 Å². The Morgan fingerprint density at radius 2 is 1.88 bits per heavy atom. The van der Waals surface area contributed by atoms with Crippen molar-refractivity contribution in [2.45, 2.75) is 13.3 Å². The van der Waals surface area contributed by atoms with E-state index in [1.807, 2.05) is 31.2 Å². The molecule has 5 nitrogen and oxygen atoms in total. The molecule has 0 saturated carbocycles. The standard InChI is InChI=1S/C21H24N2O3/c1-16-7-9-17(10-8-16)11-12-20(24)23-19-6-3-5-18(15-19)21(25)22-13-4-14-26-2/h3,5-12,15H,4,13-14H2,1-2H3,(H,22,25)(H,23,24)/b12-11+. The van der Waals surface area contributed by atoms with Crippen molar-refractivity contribution in [1.82, 2.24) is 5.32 Å². The Bertz CT molecular complexity index is 767. The molecule has 2 N–H and O–H groups in total. The Labute approximate surface area is 154 Å². The van der Waals surface area contributed by atoms with Crippen LogP contribution in [0, 0.1) is 6.92 Å². The van der Waals surface area contributed by atoms with E-state index in [0.717, 1.165) is 12.0 Å². The van der Waals surface area contributed by atoms with E-state index in [-0.39, 0.29) is 11.8 Å². The molecule has 136 valence electrons. The Balaban J connectivity index is 1.91. The summed E-state index contributed by atoms with van der Waals surface area (Å²) in [7, 11) is 1.63. The maximum atomic E-state index is 12.1. The minimum Gasteiger partial charge on any atom is -0.385 e. The Kier molecular flexibility index (Phi) is 7.58. The number of nitrogens with one attached hydrogen (secondary N) is 2. The quantitative estimate of drug-likeness (QED) is 0.565. The first-order valence-corrected chi connectivity index (χ1v) is 8.51. The van der Waals surface area contributed by atoms with Crippen LogP contribution >= 0.6 is 0 Å². The van der Waals surface area contributed by atoms with Crippen LogP contribution in [0.25, 0.3) is 6.08 Å². The molecule has 0 radical (unpaired) electrons. The zero-order valence-electron chi connectivity index (χ0n) is 15.1. The van der Waals surface area contributed by atoms with Crippen LogP contribution in [0.5, 0.6) is 0 Å². The first-order chi connectivity index (χ1) is 12.6. The fourth-order valence-electron chi connectivity index (χ4n) is 2.29. The highest BCUT2D eigenvalue weighted by Crippen LogP contribution is 2.11. The Morgan fingerprint density at radius 1 is 1.12 bits per heavy atom. The highest BCUT2D eigenvalue weighted by atomic mass is 16.5. The number of ether oxygens (including phenoxy) is 1. The second-order valence-electron chi connectivity index (χ2n) is 5.92. The van der Waals surface area contributed by atoms with E-state index in [2.05, 4.69) is 10.6 Å². The number of methoxy groups -OCH3 is 1. The van der Waals surface area contributed by atoms with Gasteiger partial charge in [0.2, 0.25) is 5.91 Å². The van der Waals surface area contributed by atoms with E-state index in [1.54, 1.807) is 37.5 Å². The second kappa shape index (κ2) is 10.2. The molecule has 0 unspecified atom stereocenters. The number of anilines is 1. The molecule has 2 aromatic rings. The number of carbonyl (C=O) groups excluding carboxylic acids is 2. The van der Waals surface area contributed by atoms with Gasteiger partial charge in [-0.05, 0) is 43.2 Å². The average Bonchev–Trinajstić information content (AvgIpc) is 2.65. The highest BCUT2D eigenvalue weighted by molar-refractivity contribution is 6.03. The predicted molar refractivity (Wildman–Crippen MR) is 104 cm³/mol. The van der Waals surface area contributed by atoms with Crippen LogP contribution in [0.15, 0.2) is 54.6 Å². The first-order valence-electron chi connectivity index (χ1n) is 8.51. The largest absolute Gasteiger partial charge is 0.385 e. The van der Waals surface area contributed by atoms with Crippen LogP contribution in [-0.4, -0.2) is 32.1 Å². The molecule has 0 bridgehead atoms. The Hall–Kier alpha value is -2.92. The molecule has 0 heterocycles. The van der Waals surface area contributed by atoms with Gasteiger partial charge in [0, 0.05) is 37.6 Å². The van der Waals surface area contributed by atoms with Crippen molar-refractivity contribution in [2.75, 3.05) is 25.6 Å². The van der Waals surface area contributed by atoms with Gasteiger partial charge in [-0.25, -0.2) is 0 Å². The fourth-order valence-corrected chi connectivity index (χ4v) is 2.29. The Morgan fingerprint density at radius 3 is 2.62 bits per heavy atom. The SMILES string of the molecule is COCCCNC(=O)c1cccc(NC(=O)/C=C/c2ccc(C)cc2)c1. The number of carbonyl (C=O) groups is 2. The van der Waals surface area contributed by atoms with Crippen molar-refractivity contribution < 1.29 is 14.3 Å². The second-order valence-corrected chi connectivity index (χ2v) is 5.92. The molecule has 0 fully saturated rings. The number of benzene rings is 2. The lowest BCUT2D eigenvalue weighted by atomic mass is 10.1. The van der Waals surface area contributed by atoms with Crippen molar-refractivity contribution in [3.63, 3.8) is 0 Å². The normalized spacial score (nSPS) is 10.7. The number of rotatable bonds is 8. The molecule has 0 saturated heterocycles. The topological polar surface area (TPSA) is 67.4 Å². The molecule has 0 atom stereocenters. The van der Waals surface area contributed by atoms with Gasteiger partial charge in [-0.1, -0.05) is 35.9 Å². The van der Waals surface area contributed by atoms with Crippen molar-refractivity contribution in [1.29, 1.82) is 0 Å². The molecule has 2 amide bonds. The fraction of sp³-hybridized carbons (Fsp3) is 0.238. The lowest BCUT2D eigenvalue weighted by molar-refractivity contribution is -0.111. The summed E-state index contributed by atoms with van der Waals surface area (Å²) in [6, 6.07) is 14.7. The van der Waals surface area contributed by atoms with Gasteiger partial charge < -0.3 is 15.4 Å². The van der Waals surface area contributed by atoms with E-state index < -0.39 is 0 Å². The summed E-state index contributed by atoms with van der Waals surface area (Å²) in [5.41, 5.74) is 3.20. The van der Waals surface area contributed by atoms with Gasteiger partial charge in [0.1, 0.15) is 0 Å². The third kappa shape index (κ3) is 6.53. The van der Waals surface area contributed by atoms with Crippen LogP contribution in [0.1, 0.15) is 27.9 Å². The molecule has 0 aromatic heterocycles. The highest BCUT2D eigenvalue weighted by Gasteiger charge is 2.06. The summed E-state index contributed by atoms with van der Waals surface area (Å²) >= 11 is 0. The van der Waals surface area contributed by atoms with Gasteiger partial charge in [0.25, 0.3) is 5.91 Å². The summed E-state index contributed by atoms with van der Waals surface area (Å²) in [6.07, 6.45) is 3.98. The van der Waals surface area contributed by atoms with Crippen LogP contribution in [0.4, 0.5) is 5.69 Å². The molecule has 26 heavy (non-hydrogen) atoms. The lowest BCUT2D eigenvalue weighted by Gasteiger charge is -2.07. The van der Waals surface area contributed by atoms with Gasteiger partial charge in [-0.2, -0.15) is 0 Å². The monoisotopic (exact) mass is 352 g/mol. The molecule has 0 spiro atoms. The maximum Gasteiger partial charge on any atom is 0.251 e. The van der Waals surface area contributed by atoms with E-state index >= 15 is 0 Å². The number of amides is 2. The van der Waals surface area contributed by atoms with Crippen LogP contribution < -0.4 is 10.6 Å². The van der Waals surface area contributed by atoms with Crippen LogP contribution in [0.2, 0.25) is 0 Å². The molecule has 5 heteroatoms. The van der Waals surface area contributed by atoms with Gasteiger partial charge in [-0.3, -0.25) is 9.59 Å². The zero-order chi connectivity index (χ0) is 18.8. The van der Waals surface area contributed by atoms with Crippen molar-refractivity contribution in [3.8, 4) is 0 Å². The number of hydrogen-bond donors (Lipinski definition) is 2. The summed E-state index contributed by atoms with van der Waals surface area (Å²) in [4.78, 5) is 24.2. The van der Waals surface area contributed by atoms with Crippen molar-refractivity contribution in [2.24, 2.45) is 0 Å². The summed E-state index contributed by atoms with van der Waals surface area (Å²) in [5, 5.41) is 5.59. The van der Waals surface area contributed by atoms with E-state index in [4.69, 9.17) is 4.74 Å². The van der Waals surface area contributed by atoms with E-state index in [1.165, 1.54) is 11.6 Å². The average molecular weight is 352 g/mol. The van der Waals surface area contributed by atoms with Gasteiger partial charge in [-0.15, -0.1) is 0 Å². The minimum absolute atomic E-state index is 0.174. The van der Waals surface area contributed by atoms with Crippen molar-refractivity contribution >= 4 is 23.6 Å². The third-order valence-electron chi connectivity index (χ3n) is 3.71. The van der Waals surface area contributed by atoms with E-state index in [9.17, 15) is 9.59 Å². The van der Waals surface area contributed by atoms with Crippen molar-refractivity contribution in [3.05, 3.63) is 71.3 Å². The number of aryl methyl sites for hydroxylation is 1. The lowest BCUT2D eigenvalue weighted by Crippen LogP contribution is -2.25. The number of hydrogen-bond acceptors (Lipinski definition) is 3. The molecule has 0 aliphatic carbocycles. The molecular formula is C21H24N2O3. The molecule has 0 aliphatic heterocycles. The smallest absolute Gasteiger partial charge is 0.251 e. The molecule has 2 rings (SSSR count). The molecule has 0 aliphatic rings. The predicted octanol–water partition coefficient (Wildman–Crippen LogP) is 3.41. The maximum absolute atomic E-state index is 12.1. The van der Waals surface area contributed by atoms with Crippen LogP contribution in [0.3, 0.4) is 0 Å². The van der Waals surface area contributed by atoms with E-state index in [0.29, 0.717) is 24.4 Å². The first kappa shape index (κ1) is 19.4. The van der Waals surface area contributed by atoms with Crippen LogP contribution in [-0.2, 0) is 9.53 Å². The minimum atomic E-state index is -0.247. The molecule has 2 aromatic carbocycles. The van der Waals surface area contributed by atoms with Gasteiger partial charge in [0.15, 0.2) is 0 Å². The molecular weight excluding hydrogens is 328 g/mol. The van der Waals surface area contributed by atoms with Gasteiger partial charge in [0.05, 0.1) is 0 Å². The summed E-state index contributed by atoms with van der Waals surface area (Å²) < 4.78 is 4.95. The summed E-state index contributed by atoms with van der Waals surface area (Å²) in [5.74, 6) is -0.421. The zero-order valence-corrected chi connectivity index (χ0v) is 15.1. The third-order valence-corrected chi connectivity index (χ3v) is 3.71.